The summed E-state index contributed by atoms with van der Waals surface area (Å²) in [4.78, 5) is 21.4. The van der Waals surface area contributed by atoms with Crippen LogP contribution in [0.15, 0.2) is 54.6 Å². The molecule has 0 atom stereocenters. The first kappa shape index (κ1) is 18.4. The standard InChI is InChI=1S/C22H23FN4O/c1-16-14-21(25-20-5-3-2-4-19(16)20)27-12-10-26(11-13-27)15-22(28)24-18-8-6-17(23)7-9-18/h2-9,14H,10-13,15H2,1H3,(H,24,28). The Bertz CT molecular complexity index is 981. The smallest absolute Gasteiger partial charge is 0.238 e. The average Bonchev–Trinajstić information content (AvgIpc) is 2.70. The minimum Gasteiger partial charge on any atom is -0.354 e. The molecule has 1 N–H and O–H groups in total. The van der Waals surface area contributed by atoms with Crippen molar-refractivity contribution in [2.24, 2.45) is 0 Å². The maximum absolute atomic E-state index is 13.0. The summed E-state index contributed by atoms with van der Waals surface area (Å²) in [6.45, 7) is 5.69. The monoisotopic (exact) mass is 378 g/mol. The van der Waals surface area contributed by atoms with E-state index < -0.39 is 0 Å². The van der Waals surface area contributed by atoms with Crippen LogP contribution in [0.2, 0.25) is 0 Å². The van der Waals surface area contributed by atoms with Crippen molar-refractivity contribution in [2.75, 3.05) is 42.9 Å². The molecule has 5 nitrogen and oxygen atoms in total. The number of benzene rings is 2. The second kappa shape index (κ2) is 7.94. The number of amides is 1. The van der Waals surface area contributed by atoms with Gasteiger partial charge in [0.25, 0.3) is 0 Å². The summed E-state index contributed by atoms with van der Waals surface area (Å²) >= 11 is 0. The van der Waals surface area contributed by atoms with Gasteiger partial charge in [-0.05, 0) is 48.9 Å². The second-order valence-electron chi connectivity index (χ2n) is 7.13. The number of para-hydroxylation sites is 1. The van der Waals surface area contributed by atoms with Crippen molar-refractivity contribution < 1.29 is 9.18 Å². The molecular formula is C22H23FN4O. The molecule has 28 heavy (non-hydrogen) atoms. The van der Waals surface area contributed by atoms with Crippen LogP contribution in [-0.2, 0) is 4.79 Å². The zero-order chi connectivity index (χ0) is 19.5. The summed E-state index contributed by atoms with van der Waals surface area (Å²) in [7, 11) is 0. The molecule has 1 saturated heterocycles. The second-order valence-corrected chi connectivity index (χ2v) is 7.13. The Hall–Kier alpha value is -2.99. The molecule has 2 aromatic carbocycles. The number of fused-ring (bicyclic) bond motifs is 1. The summed E-state index contributed by atoms with van der Waals surface area (Å²) in [5.41, 5.74) is 2.85. The van der Waals surface area contributed by atoms with Crippen molar-refractivity contribution >= 4 is 28.3 Å². The number of carbonyl (C=O) groups excluding carboxylic acids is 1. The number of anilines is 2. The Kier molecular flexibility index (Phi) is 5.21. The fraction of sp³-hybridized carbons (Fsp3) is 0.273. The number of hydrogen-bond acceptors (Lipinski definition) is 4. The number of aryl methyl sites for hydroxylation is 1. The van der Waals surface area contributed by atoms with E-state index in [2.05, 4.69) is 34.2 Å². The Morgan fingerprint density at radius 1 is 1.07 bits per heavy atom. The summed E-state index contributed by atoms with van der Waals surface area (Å²) in [6.07, 6.45) is 0. The fourth-order valence-corrected chi connectivity index (χ4v) is 3.57. The highest BCUT2D eigenvalue weighted by atomic mass is 19.1. The normalized spacial score (nSPS) is 15.0. The lowest BCUT2D eigenvalue weighted by molar-refractivity contribution is -0.117. The zero-order valence-electron chi connectivity index (χ0n) is 15.9. The molecule has 1 aliphatic heterocycles. The highest BCUT2D eigenvalue weighted by molar-refractivity contribution is 5.92. The summed E-state index contributed by atoms with van der Waals surface area (Å²) in [6, 6.07) is 16.1. The van der Waals surface area contributed by atoms with Crippen LogP contribution < -0.4 is 10.2 Å². The molecular weight excluding hydrogens is 355 g/mol. The predicted molar refractivity (Wildman–Crippen MR) is 110 cm³/mol. The topological polar surface area (TPSA) is 48.5 Å². The molecule has 2 heterocycles. The van der Waals surface area contributed by atoms with Gasteiger partial charge in [0.1, 0.15) is 11.6 Å². The molecule has 3 aromatic rings. The molecule has 0 spiro atoms. The lowest BCUT2D eigenvalue weighted by Gasteiger charge is -2.35. The summed E-state index contributed by atoms with van der Waals surface area (Å²) < 4.78 is 13.0. The van der Waals surface area contributed by atoms with E-state index in [1.807, 2.05) is 18.2 Å². The first-order chi connectivity index (χ1) is 13.6. The van der Waals surface area contributed by atoms with Gasteiger partial charge in [-0.2, -0.15) is 0 Å². The Morgan fingerprint density at radius 3 is 2.54 bits per heavy atom. The van der Waals surface area contributed by atoms with E-state index in [9.17, 15) is 9.18 Å². The van der Waals surface area contributed by atoms with E-state index >= 15 is 0 Å². The average molecular weight is 378 g/mol. The number of nitrogens with zero attached hydrogens (tertiary/aromatic N) is 3. The molecule has 0 bridgehead atoms. The van der Waals surface area contributed by atoms with Crippen LogP contribution >= 0.6 is 0 Å². The van der Waals surface area contributed by atoms with Gasteiger partial charge in [-0.1, -0.05) is 18.2 Å². The number of carbonyl (C=O) groups is 1. The predicted octanol–water partition coefficient (Wildman–Crippen LogP) is 3.44. The van der Waals surface area contributed by atoms with Gasteiger partial charge in [0.2, 0.25) is 5.91 Å². The van der Waals surface area contributed by atoms with E-state index in [1.54, 1.807) is 12.1 Å². The van der Waals surface area contributed by atoms with Crippen molar-refractivity contribution in [3.05, 3.63) is 66.0 Å². The lowest BCUT2D eigenvalue weighted by atomic mass is 10.1. The number of hydrogen-bond donors (Lipinski definition) is 1. The third kappa shape index (κ3) is 4.12. The van der Waals surface area contributed by atoms with Crippen molar-refractivity contribution in [3.8, 4) is 0 Å². The highest BCUT2D eigenvalue weighted by Crippen LogP contribution is 2.23. The van der Waals surface area contributed by atoms with Crippen LogP contribution in [0.5, 0.6) is 0 Å². The van der Waals surface area contributed by atoms with Crippen LogP contribution in [0.1, 0.15) is 5.56 Å². The van der Waals surface area contributed by atoms with Crippen molar-refractivity contribution in [1.29, 1.82) is 0 Å². The molecule has 0 saturated carbocycles. The van der Waals surface area contributed by atoms with Crippen LogP contribution in [0, 0.1) is 12.7 Å². The molecule has 0 radical (unpaired) electrons. The van der Waals surface area contributed by atoms with Gasteiger partial charge in [-0.3, -0.25) is 9.69 Å². The van der Waals surface area contributed by atoms with Gasteiger partial charge in [0, 0.05) is 37.3 Å². The van der Waals surface area contributed by atoms with Crippen molar-refractivity contribution in [1.82, 2.24) is 9.88 Å². The molecule has 1 aliphatic rings. The van der Waals surface area contributed by atoms with E-state index in [-0.39, 0.29) is 11.7 Å². The molecule has 1 fully saturated rings. The number of rotatable bonds is 4. The third-order valence-corrected chi connectivity index (χ3v) is 5.10. The molecule has 4 rings (SSSR count). The van der Waals surface area contributed by atoms with Gasteiger partial charge in [-0.25, -0.2) is 9.37 Å². The van der Waals surface area contributed by atoms with Crippen molar-refractivity contribution in [3.63, 3.8) is 0 Å². The van der Waals surface area contributed by atoms with Crippen LogP contribution in [0.3, 0.4) is 0 Å². The third-order valence-electron chi connectivity index (χ3n) is 5.10. The lowest BCUT2D eigenvalue weighted by Crippen LogP contribution is -2.49. The molecule has 0 unspecified atom stereocenters. The highest BCUT2D eigenvalue weighted by Gasteiger charge is 2.20. The molecule has 6 heteroatoms. The van der Waals surface area contributed by atoms with Crippen LogP contribution in [0.25, 0.3) is 10.9 Å². The minimum absolute atomic E-state index is 0.0836. The maximum atomic E-state index is 13.0. The SMILES string of the molecule is Cc1cc(N2CCN(CC(=O)Nc3ccc(F)cc3)CC2)nc2ccccc12. The first-order valence-electron chi connectivity index (χ1n) is 9.47. The molecule has 0 aliphatic carbocycles. The summed E-state index contributed by atoms with van der Waals surface area (Å²) in [5, 5.41) is 4.00. The van der Waals surface area contributed by atoms with Gasteiger partial charge < -0.3 is 10.2 Å². The first-order valence-corrected chi connectivity index (χ1v) is 9.47. The Morgan fingerprint density at radius 2 is 1.79 bits per heavy atom. The number of piperazine rings is 1. The number of halogens is 1. The van der Waals surface area contributed by atoms with E-state index in [0.29, 0.717) is 12.2 Å². The largest absolute Gasteiger partial charge is 0.354 e. The zero-order valence-corrected chi connectivity index (χ0v) is 15.9. The van der Waals surface area contributed by atoms with Crippen LogP contribution in [0.4, 0.5) is 15.9 Å². The quantitative estimate of drug-likeness (QED) is 0.756. The van der Waals surface area contributed by atoms with E-state index in [0.717, 1.165) is 37.5 Å². The molecule has 144 valence electrons. The summed E-state index contributed by atoms with van der Waals surface area (Å²) in [5.74, 6) is 0.595. The Labute approximate surface area is 163 Å². The Balaban J connectivity index is 1.34. The number of aromatic nitrogens is 1. The van der Waals surface area contributed by atoms with Gasteiger partial charge in [0.05, 0.1) is 12.1 Å². The number of pyridine rings is 1. The number of nitrogens with one attached hydrogen (secondary N) is 1. The van der Waals surface area contributed by atoms with Crippen LogP contribution in [-0.4, -0.2) is 48.5 Å². The fourth-order valence-electron chi connectivity index (χ4n) is 3.57. The van der Waals surface area contributed by atoms with E-state index in [4.69, 9.17) is 4.98 Å². The maximum Gasteiger partial charge on any atom is 0.238 e. The molecule has 1 aromatic heterocycles. The van der Waals surface area contributed by atoms with Gasteiger partial charge in [-0.15, -0.1) is 0 Å². The van der Waals surface area contributed by atoms with Gasteiger partial charge in [0.15, 0.2) is 0 Å². The van der Waals surface area contributed by atoms with E-state index in [1.165, 1.54) is 23.1 Å². The molecule has 1 amide bonds. The van der Waals surface area contributed by atoms with Crippen molar-refractivity contribution in [2.45, 2.75) is 6.92 Å². The minimum atomic E-state index is -0.313. The van der Waals surface area contributed by atoms with Gasteiger partial charge >= 0.3 is 0 Å².